The van der Waals surface area contributed by atoms with Crippen LogP contribution in [0.1, 0.15) is 20.9 Å². The number of hydrogen-bond donors (Lipinski definition) is 1. The summed E-state index contributed by atoms with van der Waals surface area (Å²) in [5.74, 6) is 0.363. The molecule has 0 unspecified atom stereocenters. The maximum absolute atomic E-state index is 12.3. The Balaban J connectivity index is 1.81. The second-order valence-electron chi connectivity index (χ2n) is 4.54. The first-order valence-corrected chi connectivity index (χ1v) is 7.32. The number of benzene rings is 1. The molecular formula is C16H11N3O2S. The zero-order valence-corrected chi connectivity index (χ0v) is 12.5. The minimum absolute atomic E-state index is 0.281. The van der Waals surface area contributed by atoms with E-state index in [1.807, 2.05) is 13.0 Å². The van der Waals surface area contributed by atoms with E-state index >= 15 is 0 Å². The molecule has 2 heterocycles. The summed E-state index contributed by atoms with van der Waals surface area (Å²) in [5.41, 5.74) is 1.54. The Kier molecular flexibility index (Phi) is 3.73. The highest BCUT2D eigenvalue weighted by atomic mass is 32.1. The highest BCUT2D eigenvalue weighted by molar-refractivity contribution is 7.15. The summed E-state index contributed by atoms with van der Waals surface area (Å²) in [4.78, 5) is 17.5. The molecule has 1 aromatic carbocycles. The van der Waals surface area contributed by atoms with Gasteiger partial charge in [-0.25, -0.2) is 4.98 Å². The van der Waals surface area contributed by atoms with Gasteiger partial charge < -0.3 is 9.73 Å². The van der Waals surface area contributed by atoms with Crippen molar-refractivity contribution < 1.29 is 9.21 Å². The van der Waals surface area contributed by atoms with Gasteiger partial charge in [0.25, 0.3) is 5.91 Å². The maximum Gasteiger partial charge on any atom is 0.275 e. The van der Waals surface area contributed by atoms with Crippen molar-refractivity contribution in [3.63, 3.8) is 0 Å². The zero-order valence-electron chi connectivity index (χ0n) is 11.7. The van der Waals surface area contributed by atoms with Crippen LogP contribution in [-0.2, 0) is 0 Å². The molecule has 3 rings (SSSR count). The summed E-state index contributed by atoms with van der Waals surface area (Å²) < 4.78 is 5.30. The molecule has 22 heavy (non-hydrogen) atoms. The van der Waals surface area contributed by atoms with Gasteiger partial charge in [-0.15, -0.1) is 11.3 Å². The van der Waals surface area contributed by atoms with Gasteiger partial charge in [-0.05, 0) is 43.3 Å². The lowest BCUT2D eigenvalue weighted by atomic mass is 10.2. The summed E-state index contributed by atoms with van der Waals surface area (Å²) in [6.07, 6.45) is 1.57. The molecule has 0 fully saturated rings. The number of aromatic nitrogens is 1. The van der Waals surface area contributed by atoms with Gasteiger partial charge in [-0.1, -0.05) is 0 Å². The van der Waals surface area contributed by atoms with Crippen molar-refractivity contribution in [2.45, 2.75) is 6.92 Å². The zero-order chi connectivity index (χ0) is 15.5. The molecule has 2 aromatic heterocycles. The molecule has 0 radical (unpaired) electrons. The van der Waals surface area contributed by atoms with E-state index in [1.165, 1.54) is 11.3 Å². The Morgan fingerprint density at radius 1 is 1.32 bits per heavy atom. The molecule has 6 heteroatoms. The number of aryl methyl sites for hydroxylation is 1. The molecule has 0 spiro atoms. The highest BCUT2D eigenvalue weighted by Gasteiger charge is 2.17. The number of nitrogens with one attached hydrogen (secondary N) is 1. The fraction of sp³-hybridized carbons (Fsp3) is 0.0625. The molecule has 0 saturated carbocycles. The minimum atomic E-state index is -0.281. The largest absolute Gasteiger partial charge is 0.462 e. The van der Waals surface area contributed by atoms with Crippen LogP contribution in [-0.4, -0.2) is 10.9 Å². The van der Waals surface area contributed by atoms with Crippen LogP contribution in [0, 0.1) is 18.3 Å². The van der Waals surface area contributed by atoms with Crippen molar-refractivity contribution >= 4 is 22.9 Å². The van der Waals surface area contributed by atoms with Gasteiger partial charge in [-0.3, -0.25) is 4.79 Å². The number of furan rings is 1. The minimum Gasteiger partial charge on any atom is -0.462 e. The van der Waals surface area contributed by atoms with Gasteiger partial charge in [-0.2, -0.15) is 5.26 Å². The molecular weight excluding hydrogens is 298 g/mol. The summed E-state index contributed by atoms with van der Waals surface area (Å²) in [6.45, 7) is 1.85. The van der Waals surface area contributed by atoms with Crippen molar-refractivity contribution in [3.05, 3.63) is 58.8 Å². The van der Waals surface area contributed by atoms with Crippen LogP contribution in [0.3, 0.4) is 0 Å². The molecule has 0 atom stereocenters. The molecule has 5 nitrogen and oxygen atoms in total. The predicted octanol–water partition coefficient (Wildman–Crippen LogP) is 3.84. The van der Waals surface area contributed by atoms with E-state index in [0.29, 0.717) is 27.7 Å². The van der Waals surface area contributed by atoms with Gasteiger partial charge in [0.1, 0.15) is 5.69 Å². The van der Waals surface area contributed by atoms with Crippen molar-refractivity contribution in [2.24, 2.45) is 0 Å². The van der Waals surface area contributed by atoms with Crippen LogP contribution in [0.15, 0.2) is 47.1 Å². The smallest absolute Gasteiger partial charge is 0.275 e. The number of anilines is 1. The van der Waals surface area contributed by atoms with E-state index in [-0.39, 0.29) is 5.91 Å². The first-order valence-electron chi connectivity index (χ1n) is 6.50. The third-order valence-electron chi connectivity index (χ3n) is 3.02. The van der Waals surface area contributed by atoms with Gasteiger partial charge in [0.05, 0.1) is 17.9 Å². The molecule has 1 N–H and O–H groups in total. The van der Waals surface area contributed by atoms with E-state index < -0.39 is 0 Å². The van der Waals surface area contributed by atoms with Gasteiger partial charge in [0.15, 0.2) is 10.8 Å². The van der Waals surface area contributed by atoms with E-state index in [0.717, 1.165) is 4.88 Å². The van der Waals surface area contributed by atoms with E-state index in [9.17, 15) is 4.79 Å². The monoisotopic (exact) mass is 309 g/mol. The number of hydrogen-bond acceptors (Lipinski definition) is 5. The fourth-order valence-corrected chi connectivity index (χ4v) is 2.81. The van der Waals surface area contributed by atoms with Gasteiger partial charge in [0.2, 0.25) is 0 Å². The molecule has 3 aromatic rings. The topological polar surface area (TPSA) is 78.9 Å². The average Bonchev–Trinajstić information content (AvgIpc) is 3.17. The van der Waals surface area contributed by atoms with E-state index in [2.05, 4.69) is 10.3 Å². The Bertz CT molecular complexity index is 843. The van der Waals surface area contributed by atoms with Crippen LogP contribution in [0.5, 0.6) is 0 Å². The Labute approximate surface area is 130 Å². The molecule has 0 bridgehead atoms. The van der Waals surface area contributed by atoms with E-state index in [4.69, 9.17) is 9.68 Å². The van der Waals surface area contributed by atoms with Crippen molar-refractivity contribution in [3.8, 4) is 16.8 Å². The second kappa shape index (κ2) is 5.84. The molecule has 0 aliphatic rings. The summed E-state index contributed by atoms with van der Waals surface area (Å²) in [7, 11) is 0. The van der Waals surface area contributed by atoms with Crippen LogP contribution < -0.4 is 5.32 Å². The van der Waals surface area contributed by atoms with Crippen LogP contribution in [0.4, 0.5) is 5.69 Å². The number of amides is 1. The number of nitriles is 1. The number of nitrogens with zero attached hydrogens (tertiary/aromatic N) is 2. The second-order valence-corrected chi connectivity index (χ2v) is 5.75. The third-order valence-corrected chi connectivity index (χ3v) is 4.00. The Hall–Kier alpha value is -2.91. The summed E-state index contributed by atoms with van der Waals surface area (Å²) in [5, 5.41) is 12.2. The van der Waals surface area contributed by atoms with Gasteiger partial charge >= 0.3 is 0 Å². The lowest BCUT2D eigenvalue weighted by molar-refractivity contribution is 0.102. The van der Waals surface area contributed by atoms with Crippen molar-refractivity contribution in [1.29, 1.82) is 5.26 Å². The maximum atomic E-state index is 12.3. The van der Waals surface area contributed by atoms with E-state index in [1.54, 1.807) is 42.7 Å². The molecule has 1 amide bonds. The predicted molar refractivity (Wildman–Crippen MR) is 83.7 cm³/mol. The third kappa shape index (κ3) is 2.75. The average molecular weight is 309 g/mol. The van der Waals surface area contributed by atoms with Crippen molar-refractivity contribution in [2.75, 3.05) is 5.32 Å². The summed E-state index contributed by atoms with van der Waals surface area (Å²) in [6, 6.07) is 12.3. The van der Waals surface area contributed by atoms with Crippen LogP contribution in [0.25, 0.3) is 10.8 Å². The van der Waals surface area contributed by atoms with Crippen LogP contribution >= 0.6 is 11.3 Å². The summed E-state index contributed by atoms with van der Waals surface area (Å²) >= 11 is 1.41. The SMILES string of the molecule is Cc1sc(-c2ccco2)nc1C(=O)Nc1ccc(C#N)cc1. The Morgan fingerprint density at radius 2 is 2.09 bits per heavy atom. The normalized spacial score (nSPS) is 10.2. The first kappa shape index (κ1) is 14.0. The van der Waals surface area contributed by atoms with Crippen LogP contribution in [0.2, 0.25) is 0 Å². The number of carbonyl (C=O) groups is 1. The highest BCUT2D eigenvalue weighted by Crippen LogP contribution is 2.28. The molecule has 0 aliphatic heterocycles. The van der Waals surface area contributed by atoms with Gasteiger partial charge in [0, 0.05) is 10.6 Å². The molecule has 108 valence electrons. The lowest BCUT2D eigenvalue weighted by Crippen LogP contribution is -2.13. The molecule has 0 saturated heterocycles. The quantitative estimate of drug-likeness (QED) is 0.797. The first-order chi connectivity index (χ1) is 10.7. The fourth-order valence-electron chi connectivity index (χ4n) is 1.93. The number of rotatable bonds is 3. The lowest BCUT2D eigenvalue weighted by Gasteiger charge is -2.03. The standard InChI is InChI=1S/C16H11N3O2S/c1-10-14(19-16(22-10)13-3-2-8-21-13)15(20)18-12-6-4-11(9-17)5-7-12/h2-8H,1H3,(H,18,20). The van der Waals surface area contributed by atoms with Crippen molar-refractivity contribution in [1.82, 2.24) is 4.98 Å². The number of carbonyl (C=O) groups excluding carboxylic acids is 1. The Morgan fingerprint density at radius 3 is 2.73 bits per heavy atom. The molecule has 0 aliphatic carbocycles. The number of thiazole rings is 1.